The van der Waals surface area contributed by atoms with Crippen LogP contribution in [-0.2, 0) is 4.74 Å². The number of nitrogens with one attached hydrogen (secondary N) is 2. The van der Waals surface area contributed by atoms with E-state index in [4.69, 9.17) is 16.3 Å². The van der Waals surface area contributed by atoms with Crippen LogP contribution >= 0.6 is 27.5 Å². The van der Waals surface area contributed by atoms with Crippen LogP contribution in [-0.4, -0.2) is 36.6 Å². The van der Waals surface area contributed by atoms with Gasteiger partial charge in [0.05, 0.1) is 21.3 Å². The van der Waals surface area contributed by atoms with Crippen LogP contribution in [0.4, 0.5) is 0 Å². The molecular weight excluding hydrogens is 368 g/mol. The van der Waals surface area contributed by atoms with Gasteiger partial charge in [0.15, 0.2) is 5.78 Å². The standard InChI is InChI=1S/C16H22BrClN2O2/c1-9-15(18)14(17)16(20-9)12(21)6-11-4-5-19-7-13(11)22-8-10-2-3-10/h10-11,13,19-20H,2-8H2,1H3/t11-,13-/m0/s1. The van der Waals surface area contributed by atoms with Gasteiger partial charge in [0.1, 0.15) is 0 Å². The summed E-state index contributed by atoms with van der Waals surface area (Å²) in [6.45, 7) is 4.51. The number of Topliss-reactive ketones (excluding diaryl/α,β-unsaturated/α-hetero) is 1. The highest BCUT2D eigenvalue weighted by molar-refractivity contribution is 9.10. The van der Waals surface area contributed by atoms with E-state index in [1.807, 2.05) is 6.92 Å². The second-order valence-corrected chi connectivity index (χ2v) is 7.62. The van der Waals surface area contributed by atoms with Gasteiger partial charge >= 0.3 is 0 Å². The molecule has 0 aromatic carbocycles. The van der Waals surface area contributed by atoms with Gasteiger partial charge < -0.3 is 15.0 Å². The summed E-state index contributed by atoms with van der Waals surface area (Å²) < 4.78 is 6.73. The predicted octanol–water partition coefficient (Wildman–Crippen LogP) is 3.72. The van der Waals surface area contributed by atoms with Gasteiger partial charge in [-0.1, -0.05) is 11.6 Å². The fraction of sp³-hybridized carbons (Fsp3) is 0.688. The third-order valence-corrected chi connectivity index (χ3v) is 6.08. The van der Waals surface area contributed by atoms with Crippen molar-refractivity contribution in [2.24, 2.45) is 11.8 Å². The Morgan fingerprint density at radius 2 is 2.18 bits per heavy atom. The summed E-state index contributed by atoms with van der Waals surface area (Å²) in [4.78, 5) is 15.7. The Bertz CT molecular complexity index is 557. The number of ketones is 1. The number of H-pyrrole nitrogens is 1. The van der Waals surface area contributed by atoms with E-state index in [1.165, 1.54) is 12.8 Å². The van der Waals surface area contributed by atoms with Crippen molar-refractivity contribution in [3.05, 3.63) is 20.9 Å². The summed E-state index contributed by atoms with van der Waals surface area (Å²) in [5, 5.41) is 3.96. The first-order valence-corrected chi connectivity index (χ1v) is 9.12. The molecule has 2 fully saturated rings. The molecule has 2 N–H and O–H groups in total. The molecule has 0 amide bonds. The first-order chi connectivity index (χ1) is 10.6. The van der Waals surface area contributed by atoms with Gasteiger partial charge in [-0.15, -0.1) is 0 Å². The van der Waals surface area contributed by atoms with Gasteiger partial charge in [-0.25, -0.2) is 0 Å². The molecule has 2 aliphatic rings. The lowest BCUT2D eigenvalue weighted by Crippen LogP contribution is -2.43. The van der Waals surface area contributed by atoms with E-state index in [-0.39, 0.29) is 17.8 Å². The minimum atomic E-state index is 0.105. The third kappa shape index (κ3) is 3.75. The second kappa shape index (κ2) is 7.04. The number of aromatic amines is 1. The van der Waals surface area contributed by atoms with Crippen LogP contribution in [0.3, 0.4) is 0 Å². The molecule has 1 aromatic heterocycles. The average Bonchev–Trinajstić information content (AvgIpc) is 3.30. The molecule has 1 aliphatic heterocycles. The number of aryl methyl sites for hydroxylation is 1. The molecule has 4 nitrogen and oxygen atoms in total. The van der Waals surface area contributed by atoms with Crippen LogP contribution in [0.2, 0.25) is 5.02 Å². The highest BCUT2D eigenvalue weighted by Crippen LogP contribution is 2.33. The molecule has 6 heteroatoms. The number of rotatable bonds is 6. The monoisotopic (exact) mass is 388 g/mol. The van der Waals surface area contributed by atoms with Crippen molar-refractivity contribution >= 4 is 33.3 Å². The minimum absolute atomic E-state index is 0.105. The molecular formula is C16H22BrClN2O2. The van der Waals surface area contributed by atoms with Crippen molar-refractivity contribution in [3.8, 4) is 0 Å². The Hall–Kier alpha value is -0.360. The summed E-state index contributed by atoms with van der Waals surface area (Å²) in [7, 11) is 0. The number of ether oxygens (including phenoxy) is 1. The minimum Gasteiger partial charge on any atom is -0.376 e. The zero-order chi connectivity index (χ0) is 15.7. The molecule has 1 aromatic rings. The molecule has 3 rings (SSSR count). The number of carbonyl (C=O) groups is 1. The van der Waals surface area contributed by atoms with Crippen molar-refractivity contribution in [1.29, 1.82) is 0 Å². The maximum absolute atomic E-state index is 12.6. The van der Waals surface area contributed by atoms with Gasteiger partial charge in [-0.2, -0.15) is 0 Å². The van der Waals surface area contributed by atoms with E-state index in [1.54, 1.807) is 0 Å². The number of aromatic nitrogens is 1. The summed E-state index contributed by atoms with van der Waals surface area (Å²) in [6, 6.07) is 0. The lowest BCUT2D eigenvalue weighted by atomic mass is 9.89. The number of hydrogen-bond acceptors (Lipinski definition) is 3. The maximum atomic E-state index is 12.6. The number of piperidine rings is 1. The van der Waals surface area contributed by atoms with E-state index in [2.05, 4.69) is 26.2 Å². The molecule has 0 unspecified atom stereocenters. The first kappa shape index (κ1) is 16.5. The summed E-state index contributed by atoms with van der Waals surface area (Å²) in [5.41, 5.74) is 1.41. The largest absolute Gasteiger partial charge is 0.376 e. The lowest BCUT2D eigenvalue weighted by Gasteiger charge is -2.31. The van der Waals surface area contributed by atoms with E-state index in [0.29, 0.717) is 21.6 Å². The quantitative estimate of drug-likeness (QED) is 0.729. The molecule has 22 heavy (non-hydrogen) atoms. The van der Waals surface area contributed by atoms with Crippen molar-refractivity contribution in [1.82, 2.24) is 10.3 Å². The van der Waals surface area contributed by atoms with Crippen LogP contribution in [0.25, 0.3) is 0 Å². The first-order valence-electron chi connectivity index (χ1n) is 7.95. The Morgan fingerprint density at radius 3 is 2.82 bits per heavy atom. The topological polar surface area (TPSA) is 54.1 Å². The number of carbonyl (C=O) groups excluding carboxylic acids is 1. The van der Waals surface area contributed by atoms with Gasteiger partial charge in [0, 0.05) is 25.3 Å². The van der Waals surface area contributed by atoms with Crippen LogP contribution in [0.1, 0.15) is 41.9 Å². The molecule has 0 spiro atoms. The second-order valence-electron chi connectivity index (χ2n) is 6.45. The van der Waals surface area contributed by atoms with E-state index >= 15 is 0 Å². The van der Waals surface area contributed by atoms with Crippen LogP contribution in [0, 0.1) is 18.8 Å². The Kier molecular flexibility index (Phi) is 5.28. The highest BCUT2D eigenvalue weighted by atomic mass is 79.9. The molecule has 122 valence electrons. The Balaban J connectivity index is 1.63. The van der Waals surface area contributed by atoms with Gasteiger partial charge in [0.25, 0.3) is 0 Å². The molecule has 2 heterocycles. The summed E-state index contributed by atoms with van der Waals surface area (Å²) >= 11 is 9.55. The zero-order valence-electron chi connectivity index (χ0n) is 12.8. The molecule has 1 aliphatic carbocycles. The summed E-state index contributed by atoms with van der Waals surface area (Å²) in [6.07, 6.45) is 4.20. The van der Waals surface area contributed by atoms with Crippen LogP contribution in [0.15, 0.2) is 4.47 Å². The number of halogens is 2. The predicted molar refractivity (Wildman–Crippen MR) is 90.6 cm³/mol. The third-order valence-electron chi connectivity index (χ3n) is 4.59. The van der Waals surface area contributed by atoms with Gasteiger partial charge in [0.2, 0.25) is 0 Å². The molecule has 0 bridgehead atoms. The Labute approximate surface area is 144 Å². The van der Waals surface area contributed by atoms with Crippen LogP contribution < -0.4 is 5.32 Å². The zero-order valence-corrected chi connectivity index (χ0v) is 15.1. The average molecular weight is 390 g/mol. The lowest BCUT2D eigenvalue weighted by molar-refractivity contribution is -0.00814. The van der Waals surface area contributed by atoms with Crippen LogP contribution in [0.5, 0.6) is 0 Å². The number of hydrogen-bond donors (Lipinski definition) is 2. The normalized spacial score (nSPS) is 25.4. The van der Waals surface area contributed by atoms with Crippen molar-refractivity contribution in [2.75, 3.05) is 19.7 Å². The van der Waals surface area contributed by atoms with E-state index in [9.17, 15) is 4.79 Å². The fourth-order valence-electron chi connectivity index (χ4n) is 2.96. The Morgan fingerprint density at radius 1 is 1.41 bits per heavy atom. The SMILES string of the molecule is Cc1[nH]c(C(=O)C[C@@H]2CCNC[C@@H]2OCC2CC2)c(Br)c1Cl. The smallest absolute Gasteiger partial charge is 0.180 e. The van der Waals surface area contributed by atoms with Crippen molar-refractivity contribution in [2.45, 2.75) is 38.7 Å². The van der Waals surface area contributed by atoms with Crippen molar-refractivity contribution < 1.29 is 9.53 Å². The molecule has 1 saturated carbocycles. The molecule has 2 atom stereocenters. The highest BCUT2D eigenvalue weighted by Gasteiger charge is 2.31. The van der Waals surface area contributed by atoms with E-state index in [0.717, 1.165) is 37.7 Å². The van der Waals surface area contributed by atoms with Gasteiger partial charge in [-0.05, 0) is 60.5 Å². The summed E-state index contributed by atoms with van der Waals surface area (Å²) in [5.74, 6) is 1.13. The van der Waals surface area contributed by atoms with Gasteiger partial charge in [-0.3, -0.25) is 4.79 Å². The fourth-order valence-corrected chi connectivity index (χ4v) is 3.72. The maximum Gasteiger partial charge on any atom is 0.180 e. The van der Waals surface area contributed by atoms with E-state index < -0.39 is 0 Å². The van der Waals surface area contributed by atoms with Crippen molar-refractivity contribution in [3.63, 3.8) is 0 Å². The molecule has 0 radical (unpaired) electrons. The molecule has 1 saturated heterocycles.